The number of thioether (sulfide) groups is 1. The molecule has 0 saturated carbocycles. The van der Waals surface area contributed by atoms with Crippen LogP contribution in [0.2, 0.25) is 5.02 Å². The molecule has 1 amide bonds. The smallest absolute Gasteiger partial charge is 0.261 e. The van der Waals surface area contributed by atoms with Crippen molar-refractivity contribution >= 4 is 50.7 Å². The van der Waals surface area contributed by atoms with E-state index in [4.69, 9.17) is 11.6 Å². The minimum atomic E-state index is -3.71. The number of amides is 1. The summed E-state index contributed by atoms with van der Waals surface area (Å²) >= 11 is 7.23. The maximum absolute atomic E-state index is 12.6. The number of carbonyl (C=O) groups is 1. The molecule has 2 N–H and O–H groups in total. The molecule has 0 aliphatic carbocycles. The Morgan fingerprint density at radius 1 is 0.966 bits per heavy atom. The Morgan fingerprint density at radius 3 is 2.28 bits per heavy atom. The summed E-state index contributed by atoms with van der Waals surface area (Å²) < 4.78 is 27.7. The average Bonchev–Trinajstić information content (AvgIpc) is 2.70. The average molecular weight is 447 g/mol. The topological polar surface area (TPSA) is 75.3 Å². The summed E-state index contributed by atoms with van der Waals surface area (Å²) in [5.41, 5.74) is 1.89. The first-order chi connectivity index (χ1) is 13.8. The van der Waals surface area contributed by atoms with Crippen LogP contribution in [-0.2, 0) is 14.8 Å². The van der Waals surface area contributed by atoms with Gasteiger partial charge in [0.2, 0.25) is 5.91 Å². The minimum absolute atomic E-state index is 0.120. The molecule has 0 unspecified atom stereocenters. The van der Waals surface area contributed by atoms with Crippen LogP contribution in [-0.4, -0.2) is 20.1 Å². The van der Waals surface area contributed by atoms with Crippen LogP contribution in [0, 0.1) is 6.92 Å². The largest absolute Gasteiger partial charge is 0.325 e. The zero-order chi connectivity index (χ0) is 20.9. The van der Waals surface area contributed by atoms with E-state index in [0.29, 0.717) is 16.4 Å². The normalized spacial score (nSPS) is 11.1. The van der Waals surface area contributed by atoms with Crippen molar-refractivity contribution in [2.45, 2.75) is 16.7 Å². The Hall–Kier alpha value is -2.48. The standard InChI is InChI=1S/C21H19ClN2O3S2/c1-15-4-2-3-5-20(15)24-29(26,27)19-12-8-17(9-13-19)23-21(25)14-28-18-10-6-16(22)7-11-18/h2-13,24H,14H2,1H3,(H,23,25). The summed E-state index contributed by atoms with van der Waals surface area (Å²) in [6, 6.07) is 20.4. The SMILES string of the molecule is Cc1ccccc1NS(=O)(=O)c1ccc(NC(=O)CSc2ccc(Cl)cc2)cc1. The molecule has 0 aliphatic heterocycles. The third-order valence-electron chi connectivity index (χ3n) is 4.02. The van der Waals surface area contributed by atoms with E-state index in [1.807, 2.05) is 31.2 Å². The third-order valence-corrected chi connectivity index (χ3v) is 6.67. The van der Waals surface area contributed by atoms with Gasteiger partial charge in [0.1, 0.15) is 0 Å². The number of sulfonamides is 1. The lowest BCUT2D eigenvalue weighted by Gasteiger charge is -2.11. The molecule has 0 fully saturated rings. The van der Waals surface area contributed by atoms with Crippen molar-refractivity contribution in [2.75, 3.05) is 15.8 Å². The number of anilines is 2. The Morgan fingerprint density at radius 2 is 1.62 bits per heavy atom. The van der Waals surface area contributed by atoms with Gasteiger partial charge in [-0.2, -0.15) is 0 Å². The number of rotatable bonds is 7. The van der Waals surface area contributed by atoms with Crippen molar-refractivity contribution < 1.29 is 13.2 Å². The van der Waals surface area contributed by atoms with Crippen LogP contribution in [0.5, 0.6) is 0 Å². The molecule has 0 aliphatic rings. The third kappa shape index (κ3) is 6.00. The van der Waals surface area contributed by atoms with Gasteiger partial charge in [-0.25, -0.2) is 8.42 Å². The fourth-order valence-corrected chi connectivity index (χ4v) is 4.44. The highest BCUT2D eigenvalue weighted by atomic mass is 35.5. The highest BCUT2D eigenvalue weighted by Gasteiger charge is 2.15. The summed E-state index contributed by atoms with van der Waals surface area (Å²) in [4.78, 5) is 13.2. The van der Waals surface area contributed by atoms with Gasteiger partial charge in [-0.05, 0) is 67.1 Å². The second-order valence-corrected chi connectivity index (χ2v) is 9.40. The lowest BCUT2D eigenvalue weighted by Crippen LogP contribution is -2.15. The zero-order valence-corrected chi connectivity index (χ0v) is 17.9. The maximum atomic E-state index is 12.6. The number of benzene rings is 3. The van der Waals surface area contributed by atoms with Crippen LogP contribution in [0.3, 0.4) is 0 Å². The number of nitrogens with one attached hydrogen (secondary N) is 2. The molecular weight excluding hydrogens is 428 g/mol. The number of para-hydroxylation sites is 1. The van der Waals surface area contributed by atoms with Gasteiger partial charge >= 0.3 is 0 Å². The van der Waals surface area contributed by atoms with Gasteiger partial charge in [-0.15, -0.1) is 11.8 Å². The van der Waals surface area contributed by atoms with Gasteiger partial charge < -0.3 is 5.32 Å². The van der Waals surface area contributed by atoms with Gasteiger partial charge in [0.05, 0.1) is 16.3 Å². The van der Waals surface area contributed by atoms with E-state index < -0.39 is 10.0 Å². The number of aryl methyl sites for hydroxylation is 1. The van der Waals surface area contributed by atoms with Crippen molar-refractivity contribution in [3.63, 3.8) is 0 Å². The summed E-state index contributed by atoms with van der Waals surface area (Å²) in [7, 11) is -3.71. The lowest BCUT2D eigenvalue weighted by molar-refractivity contribution is -0.113. The molecule has 0 aromatic heterocycles. The van der Waals surface area contributed by atoms with Crippen molar-refractivity contribution in [2.24, 2.45) is 0 Å². The predicted octanol–water partition coefficient (Wildman–Crippen LogP) is 5.18. The van der Waals surface area contributed by atoms with Crippen molar-refractivity contribution in [1.82, 2.24) is 0 Å². The molecular formula is C21H19ClN2O3S2. The Balaban J connectivity index is 1.59. The fraction of sp³-hybridized carbons (Fsp3) is 0.0952. The molecule has 0 heterocycles. The molecule has 8 heteroatoms. The van der Waals surface area contributed by atoms with E-state index >= 15 is 0 Å². The molecule has 3 aromatic carbocycles. The monoisotopic (exact) mass is 446 g/mol. The maximum Gasteiger partial charge on any atom is 0.261 e. The van der Waals surface area contributed by atoms with E-state index in [1.165, 1.54) is 23.9 Å². The molecule has 29 heavy (non-hydrogen) atoms. The molecule has 0 radical (unpaired) electrons. The molecule has 3 rings (SSSR count). The number of hydrogen-bond donors (Lipinski definition) is 2. The second kappa shape index (κ2) is 9.35. The molecule has 0 atom stereocenters. The first-order valence-electron chi connectivity index (χ1n) is 8.70. The minimum Gasteiger partial charge on any atom is -0.325 e. The quantitative estimate of drug-likeness (QED) is 0.490. The Kier molecular flexibility index (Phi) is 6.84. The summed E-state index contributed by atoms with van der Waals surface area (Å²) in [5, 5.41) is 3.40. The predicted molar refractivity (Wildman–Crippen MR) is 119 cm³/mol. The van der Waals surface area contributed by atoms with Crippen LogP contribution < -0.4 is 10.0 Å². The first-order valence-corrected chi connectivity index (χ1v) is 11.5. The molecule has 150 valence electrons. The van der Waals surface area contributed by atoms with Gasteiger partial charge in [-0.1, -0.05) is 29.8 Å². The second-order valence-electron chi connectivity index (χ2n) is 6.24. The van der Waals surface area contributed by atoms with Gasteiger partial charge in [0, 0.05) is 15.6 Å². The van der Waals surface area contributed by atoms with E-state index in [1.54, 1.807) is 36.4 Å². The van der Waals surface area contributed by atoms with Crippen LogP contribution in [0.25, 0.3) is 0 Å². The molecule has 0 bridgehead atoms. The lowest BCUT2D eigenvalue weighted by atomic mass is 10.2. The molecule has 0 saturated heterocycles. The van der Waals surface area contributed by atoms with Crippen LogP contribution in [0.15, 0.2) is 82.6 Å². The highest BCUT2D eigenvalue weighted by Crippen LogP contribution is 2.22. The van der Waals surface area contributed by atoms with E-state index in [9.17, 15) is 13.2 Å². The summed E-state index contributed by atoms with van der Waals surface area (Å²) in [5.74, 6) is 0.0508. The van der Waals surface area contributed by atoms with E-state index in [2.05, 4.69) is 10.0 Å². The van der Waals surface area contributed by atoms with Gasteiger partial charge in [0.25, 0.3) is 10.0 Å². The van der Waals surface area contributed by atoms with Gasteiger partial charge in [-0.3, -0.25) is 9.52 Å². The fourth-order valence-electron chi connectivity index (χ4n) is 2.49. The first kappa shape index (κ1) is 21.2. The highest BCUT2D eigenvalue weighted by molar-refractivity contribution is 8.00. The van der Waals surface area contributed by atoms with Crippen LogP contribution in [0.4, 0.5) is 11.4 Å². The van der Waals surface area contributed by atoms with Crippen LogP contribution >= 0.6 is 23.4 Å². The van der Waals surface area contributed by atoms with E-state index in [-0.39, 0.29) is 16.6 Å². The number of hydrogen-bond acceptors (Lipinski definition) is 4. The molecule has 3 aromatic rings. The summed E-state index contributed by atoms with van der Waals surface area (Å²) in [6.45, 7) is 1.83. The molecule has 5 nitrogen and oxygen atoms in total. The van der Waals surface area contributed by atoms with Crippen molar-refractivity contribution in [1.29, 1.82) is 0 Å². The van der Waals surface area contributed by atoms with Crippen molar-refractivity contribution in [3.05, 3.63) is 83.4 Å². The van der Waals surface area contributed by atoms with Gasteiger partial charge in [0.15, 0.2) is 0 Å². The number of halogens is 1. The summed E-state index contributed by atoms with van der Waals surface area (Å²) in [6.07, 6.45) is 0. The Labute approximate surface area is 179 Å². The van der Waals surface area contributed by atoms with E-state index in [0.717, 1.165) is 10.5 Å². The Bertz CT molecular complexity index is 1100. The number of carbonyl (C=O) groups excluding carboxylic acids is 1. The zero-order valence-electron chi connectivity index (χ0n) is 15.6. The van der Waals surface area contributed by atoms with Crippen molar-refractivity contribution in [3.8, 4) is 0 Å². The molecule has 0 spiro atoms. The van der Waals surface area contributed by atoms with Crippen LogP contribution in [0.1, 0.15) is 5.56 Å².